The van der Waals surface area contributed by atoms with Crippen LogP contribution in [0.1, 0.15) is 30.1 Å². The lowest BCUT2D eigenvalue weighted by atomic mass is 9.96. The van der Waals surface area contributed by atoms with Gasteiger partial charge in [-0.2, -0.15) is 0 Å². The van der Waals surface area contributed by atoms with Crippen molar-refractivity contribution in [2.45, 2.75) is 25.3 Å². The molecular formula is C15H17BrN2. The van der Waals surface area contributed by atoms with Gasteiger partial charge < -0.3 is 4.57 Å². The highest BCUT2D eigenvalue weighted by Crippen LogP contribution is 2.42. The molecule has 0 bridgehead atoms. The Bertz CT molecular complexity index is 629. The van der Waals surface area contributed by atoms with Gasteiger partial charge >= 0.3 is 0 Å². The first-order valence-electron chi connectivity index (χ1n) is 6.76. The molecule has 1 unspecified atom stereocenters. The smallest absolute Gasteiger partial charge is 0.0494 e. The molecule has 4 rings (SSSR count). The highest BCUT2D eigenvalue weighted by Gasteiger charge is 2.34. The van der Waals surface area contributed by atoms with Gasteiger partial charge in [-0.05, 0) is 37.1 Å². The van der Waals surface area contributed by atoms with Gasteiger partial charge in [-0.1, -0.05) is 22.0 Å². The molecule has 18 heavy (non-hydrogen) atoms. The lowest BCUT2D eigenvalue weighted by molar-refractivity contribution is 0.242. The zero-order chi connectivity index (χ0) is 12.3. The van der Waals surface area contributed by atoms with Crippen LogP contribution in [0.3, 0.4) is 0 Å². The fraction of sp³-hybridized carbons (Fsp3) is 0.467. The lowest BCUT2D eigenvalue weighted by Gasteiger charge is -2.30. The molecule has 1 atom stereocenters. The first-order valence-corrected chi connectivity index (χ1v) is 7.56. The van der Waals surface area contributed by atoms with E-state index in [0.29, 0.717) is 6.04 Å². The summed E-state index contributed by atoms with van der Waals surface area (Å²) in [5, 5.41) is 1.47. The number of hydrogen-bond acceptors (Lipinski definition) is 1. The molecule has 0 amide bonds. The first kappa shape index (κ1) is 11.1. The molecule has 1 saturated heterocycles. The predicted molar refractivity (Wildman–Crippen MR) is 77.9 cm³/mol. The number of aryl methyl sites for hydroxylation is 1. The molecule has 0 aliphatic carbocycles. The van der Waals surface area contributed by atoms with E-state index in [2.05, 4.69) is 50.6 Å². The van der Waals surface area contributed by atoms with Crippen molar-refractivity contribution in [3.63, 3.8) is 0 Å². The second-order valence-corrected chi connectivity index (χ2v) is 6.44. The minimum Gasteiger partial charge on any atom is -0.347 e. The van der Waals surface area contributed by atoms with E-state index in [4.69, 9.17) is 0 Å². The van der Waals surface area contributed by atoms with Crippen molar-refractivity contribution in [1.29, 1.82) is 0 Å². The Hall–Kier alpha value is -0.800. The Kier molecular flexibility index (Phi) is 2.36. The van der Waals surface area contributed by atoms with Gasteiger partial charge in [0.05, 0.1) is 0 Å². The van der Waals surface area contributed by atoms with Crippen LogP contribution in [0.5, 0.6) is 0 Å². The van der Waals surface area contributed by atoms with Gasteiger partial charge in [0.25, 0.3) is 0 Å². The molecule has 94 valence electrons. The van der Waals surface area contributed by atoms with Crippen LogP contribution >= 0.6 is 15.9 Å². The number of benzene rings is 1. The van der Waals surface area contributed by atoms with E-state index < -0.39 is 0 Å². The molecule has 2 aliphatic rings. The van der Waals surface area contributed by atoms with Crippen molar-refractivity contribution in [1.82, 2.24) is 9.47 Å². The van der Waals surface area contributed by atoms with Crippen molar-refractivity contribution in [2.75, 3.05) is 13.1 Å². The standard InChI is InChI=1S/C15H17BrN2/c1-17-12-6-8-18-7-2-3-13(18)15(12)11-5-4-10(16)9-14(11)17/h4-5,9,13H,2-3,6-8H2,1H3. The third-order valence-electron chi connectivity index (χ3n) is 4.66. The number of halogens is 1. The quantitative estimate of drug-likeness (QED) is 0.721. The van der Waals surface area contributed by atoms with Crippen LogP contribution in [0.15, 0.2) is 22.7 Å². The van der Waals surface area contributed by atoms with Gasteiger partial charge in [0.15, 0.2) is 0 Å². The summed E-state index contributed by atoms with van der Waals surface area (Å²) in [6.45, 7) is 2.53. The summed E-state index contributed by atoms with van der Waals surface area (Å²) in [6, 6.07) is 7.41. The van der Waals surface area contributed by atoms with Gasteiger partial charge in [-0.3, -0.25) is 4.90 Å². The van der Waals surface area contributed by atoms with E-state index in [1.54, 1.807) is 11.3 Å². The zero-order valence-electron chi connectivity index (χ0n) is 10.6. The molecule has 2 aliphatic heterocycles. The first-order chi connectivity index (χ1) is 8.75. The highest BCUT2D eigenvalue weighted by molar-refractivity contribution is 9.10. The average molecular weight is 305 g/mol. The van der Waals surface area contributed by atoms with Gasteiger partial charge in [-0.15, -0.1) is 0 Å². The Labute approximate surface area is 116 Å². The number of aromatic nitrogens is 1. The van der Waals surface area contributed by atoms with Crippen LogP contribution in [0.2, 0.25) is 0 Å². The Morgan fingerprint density at radius 2 is 2.17 bits per heavy atom. The van der Waals surface area contributed by atoms with Crippen molar-refractivity contribution in [3.05, 3.63) is 33.9 Å². The summed E-state index contributed by atoms with van der Waals surface area (Å²) < 4.78 is 3.58. The molecule has 2 aromatic rings. The predicted octanol–water partition coefficient (Wildman–Crippen LogP) is 3.63. The lowest BCUT2D eigenvalue weighted by Crippen LogP contribution is -2.31. The molecule has 3 heterocycles. The zero-order valence-corrected chi connectivity index (χ0v) is 12.2. The molecule has 0 spiro atoms. The fourth-order valence-electron chi connectivity index (χ4n) is 3.84. The van der Waals surface area contributed by atoms with Crippen LogP contribution in [0.4, 0.5) is 0 Å². The van der Waals surface area contributed by atoms with Crippen LogP contribution in [0, 0.1) is 0 Å². The molecule has 3 heteroatoms. The van der Waals surface area contributed by atoms with Crippen LogP contribution in [-0.2, 0) is 13.5 Å². The van der Waals surface area contributed by atoms with Crippen molar-refractivity contribution < 1.29 is 0 Å². The largest absolute Gasteiger partial charge is 0.347 e. The van der Waals surface area contributed by atoms with Crippen molar-refractivity contribution in [2.24, 2.45) is 7.05 Å². The van der Waals surface area contributed by atoms with Gasteiger partial charge in [0.2, 0.25) is 0 Å². The third kappa shape index (κ3) is 1.38. The molecule has 1 fully saturated rings. The summed E-state index contributed by atoms with van der Waals surface area (Å²) in [7, 11) is 2.22. The summed E-state index contributed by atoms with van der Waals surface area (Å²) in [6.07, 6.45) is 3.90. The molecule has 1 aromatic heterocycles. The minimum atomic E-state index is 0.679. The Balaban J connectivity index is 2.03. The molecule has 2 nitrogen and oxygen atoms in total. The maximum atomic E-state index is 3.59. The second-order valence-electron chi connectivity index (χ2n) is 5.52. The SMILES string of the molecule is Cn1c2c(c3ccc(Br)cc31)C1CCCN1CC2. The number of rotatable bonds is 0. The van der Waals surface area contributed by atoms with Crippen LogP contribution < -0.4 is 0 Å². The third-order valence-corrected chi connectivity index (χ3v) is 5.15. The van der Waals surface area contributed by atoms with Crippen LogP contribution in [0.25, 0.3) is 10.9 Å². The second kappa shape index (κ2) is 3.84. The van der Waals surface area contributed by atoms with Gasteiger partial charge in [0, 0.05) is 47.1 Å². The highest BCUT2D eigenvalue weighted by atomic mass is 79.9. The Morgan fingerprint density at radius 1 is 1.28 bits per heavy atom. The number of hydrogen-bond donors (Lipinski definition) is 0. The number of nitrogens with zero attached hydrogens (tertiary/aromatic N) is 2. The van der Waals surface area contributed by atoms with Gasteiger partial charge in [-0.25, -0.2) is 0 Å². The average Bonchev–Trinajstić information content (AvgIpc) is 2.93. The summed E-state index contributed by atoms with van der Waals surface area (Å²) in [4.78, 5) is 2.67. The van der Waals surface area contributed by atoms with E-state index in [1.165, 1.54) is 47.7 Å². The minimum absolute atomic E-state index is 0.679. The molecular weight excluding hydrogens is 288 g/mol. The van der Waals surface area contributed by atoms with E-state index in [0.717, 1.165) is 0 Å². The monoisotopic (exact) mass is 304 g/mol. The van der Waals surface area contributed by atoms with E-state index in [9.17, 15) is 0 Å². The van der Waals surface area contributed by atoms with Crippen LogP contribution in [-0.4, -0.2) is 22.6 Å². The summed E-state index contributed by atoms with van der Waals surface area (Å²) in [5.41, 5.74) is 4.55. The van der Waals surface area contributed by atoms with Gasteiger partial charge in [0.1, 0.15) is 0 Å². The topological polar surface area (TPSA) is 8.17 Å². The fourth-order valence-corrected chi connectivity index (χ4v) is 4.18. The number of fused-ring (bicyclic) bond motifs is 5. The Morgan fingerprint density at radius 3 is 3.06 bits per heavy atom. The molecule has 1 aromatic carbocycles. The maximum absolute atomic E-state index is 3.59. The normalized spacial score (nSPS) is 23.3. The van der Waals surface area contributed by atoms with Crippen molar-refractivity contribution >= 4 is 26.8 Å². The van der Waals surface area contributed by atoms with E-state index in [-0.39, 0.29) is 0 Å². The molecule has 0 saturated carbocycles. The summed E-state index contributed by atoms with van der Waals surface area (Å²) in [5.74, 6) is 0. The molecule has 0 radical (unpaired) electrons. The molecule has 0 N–H and O–H groups in total. The van der Waals surface area contributed by atoms with E-state index in [1.807, 2.05) is 0 Å². The van der Waals surface area contributed by atoms with Crippen molar-refractivity contribution in [3.8, 4) is 0 Å². The maximum Gasteiger partial charge on any atom is 0.0494 e. The summed E-state index contributed by atoms with van der Waals surface area (Å²) >= 11 is 3.59. The van der Waals surface area contributed by atoms with E-state index >= 15 is 0 Å².